The van der Waals surface area contributed by atoms with Gasteiger partial charge in [0, 0.05) is 24.5 Å². The van der Waals surface area contributed by atoms with E-state index >= 15 is 0 Å². The molecule has 9 heteroatoms. The standard InChI is InChI=1S/C21H26F3N3O2S/c1-14-12-15(2)26-19(25-14)27-10-8-16(9-11-27)20(3,4)30(28,29)18-7-5-6-17(13-18)21(22,23)24/h5-7,12-13,16H,8-11H2,1-4H3. The summed E-state index contributed by atoms with van der Waals surface area (Å²) in [6, 6.07) is 5.89. The normalized spacial score (nSPS) is 16.7. The molecule has 3 rings (SSSR count). The Hall–Kier alpha value is -2.16. The van der Waals surface area contributed by atoms with Crippen LogP contribution in [-0.2, 0) is 16.0 Å². The van der Waals surface area contributed by atoms with Crippen LogP contribution in [0.3, 0.4) is 0 Å². The van der Waals surface area contributed by atoms with Crippen LogP contribution in [0, 0.1) is 19.8 Å². The summed E-state index contributed by atoms with van der Waals surface area (Å²) in [5.41, 5.74) is 0.778. The topological polar surface area (TPSA) is 63.2 Å². The third kappa shape index (κ3) is 4.31. The van der Waals surface area contributed by atoms with Crippen molar-refractivity contribution in [2.24, 2.45) is 5.92 Å². The first-order chi connectivity index (χ1) is 13.8. The van der Waals surface area contributed by atoms with Gasteiger partial charge in [0.25, 0.3) is 0 Å². The molecule has 1 aliphatic heterocycles. The number of aromatic nitrogens is 2. The molecule has 0 bridgehead atoms. The smallest absolute Gasteiger partial charge is 0.341 e. The van der Waals surface area contributed by atoms with Gasteiger partial charge in [-0.1, -0.05) is 6.07 Å². The van der Waals surface area contributed by atoms with Crippen LogP contribution in [0.5, 0.6) is 0 Å². The lowest BCUT2D eigenvalue weighted by atomic mass is 9.86. The van der Waals surface area contributed by atoms with Gasteiger partial charge in [-0.25, -0.2) is 18.4 Å². The van der Waals surface area contributed by atoms with Gasteiger partial charge < -0.3 is 4.90 Å². The van der Waals surface area contributed by atoms with Gasteiger partial charge in [-0.05, 0) is 70.7 Å². The molecular formula is C21H26F3N3O2S. The summed E-state index contributed by atoms with van der Waals surface area (Å²) in [6.45, 7) is 8.20. The monoisotopic (exact) mass is 441 g/mol. The summed E-state index contributed by atoms with van der Waals surface area (Å²) in [5, 5.41) is 0. The average molecular weight is 442 g/mol. The lowest BCUT2D eigenvalue weighted by Gasteiger charge is -2.40. The van der Waals surface area contributed by atoms with E-state index in [1.54, 1.807) is 13.8 Å². The third-order valence-corrected chi connectivity index (χ3v) is 8.49. The fraction of sp³-hybridized carbons (Fsp3) is 0.524. The lowest BCUT2D eigenvalue weighted by Crippen LogP contribution is -2.46. The summed E-state index contributed by atoms with van der Waals surface area (Å²) >= 11 is 0. The highest BCUT2D eigenvalue weighted by molar-refractivity contribution is 7.92. The van der Waals surface area contributed by atoms with Gasteiger partial charge in [0.1, 0.15) is 0 Å². The SMILES string of the molecule is Cc1cc(C)nc(N2CCC(C(C)(C)S(=O)(=O)c3cccc(C(F)(F)F)c3)CC2)n1. The van der Waals surface area contributed by atoms with Gasteiger partial charge in [0.15, 0.2) is 9.84 Å². The van der Waals surface area contributed by atoms with Crippen LogP contribution < -0.4 is 4.90 Å². The van der Waals surface area contributed by atoms with Crippen LogP contribution in [0.25, 0.3) is 0 Å². The Balaban J connectivity index is 1.81. The first-order valence-electron chi connectivity index (χ1n) is 9.81. The number of benzene rings is 1. The van der Waals surface area contributed by atoms with Crippen LogP contribution in [0.4, 0.5) is 19.1 Å². The molecule has 30 heavy (non-hydrogen) atoms. The molecule has 0 unspecified atom stereocenters. The van der Waals surface area contributed by atoms with E-state index in [4.69, 9.17) is 0 Å². The summed E-state index contributed by atoms with van der Waals surface area (Å²) in [5.74, 6) is 0.434. The van der Waals surface area contributed by atoms with E-state index < -0.39 is 26.3 Å². The molecule has 0 atom stereocenters. The number of anilines is 1. The van der Waals surface area contributed by atoms with Crippen molar-refractivity contribution >= 4 is 15.8 Å². The number of alkyl halides is 3. The van der Waals surface area contributed by atoms with E-state index in [1.165, 1.54) is 6.07 Å². The number of nitrogens with zero attached hydrogens (tertiary/aromatic N) is 3. The van der Waals surface area contributed by atoms with Crippen molar-refractivity contribution in [2.45, 2.75) is 56.4 Å². The zero-order valence-electron chi connectivity index (χ0n) is 17.5. The maximum atomic E-state index is 13.3. The third-order valence-electron chi connectivity index (χ3n) is 5.90. The van der Waals surface area contributed by atoms with Crippen molar-refractivity contribution in [3.05, 3.63) is 47.3 Å². The Bertz CT molecular complexity index is 1010. The molecule has 1 aromatic heterocycles. The molecular weight excluding hydrogens is 415 g/mol. The van der Waals surface area contributed by atoms with Crippen molar-refractivity contribution in [3.63, 3.8) is 0 Å². The zero-order valence-corrected chi connectivity index (χ0v) is 18.3. The van der Waals surface area contributed by atoms with Gasteiger partial charge in [-0.15, -0.1) is 0 Å². The van der Waals surface area contributed by atoms with Crippen molar-refractivity contribution in [1.82, 2.24) is 9.97 Å². The van der Waals surface area contributed by atoms with Gasteiger partial charge in [0.2, 0.25) is 5.95 Å². The molecule has 2 heterocycles. The van der Waals surface area contributed by atoms with E-state index in [0.29, 0.717) is 31.9 Å². The highest BCUT2D eigenvalue weighted by Crippen LogP contribution is 2.39. The fourth-order valence-corrected chi connectivity index (χ4v) is 5.81. The first kappa shape index (κ1) is 22.5. The summed E-state index contributed by atoms with van der Waals surface area (Å²) < 4.78 is 64.5. The quantitative estimate of drug-likeness (QED) is 0.695. The average Bonchev–Trinajstić information content (AvgIpc) is 2.66. The summed E-state index contributed by atoms with van der Waals surface area (Å²) in [6.07, 6.45) is -3.42. The van der Waals surface area contributed by atoms with Gasteiger partial charge >= 0.3 is 6.18 Å². The van der Waals surface area contributed by atoms with Crippen LogP contribution in [0.15, 0.2) is 35.2 Å². The molecule has 0 aliphatic carbocycles. The minimum Gasteiger partial charge on any atom is -0.341 e. The number of hydrogen-bond acceptors (Lipinski definition) is 5. The van der Waals surface area contributed by atoms with E-state index in [2.05, 4.69) is 9.97 Å². The van der Waals surface area contributed by atoms with Crippen LogP contribution in [0.2, 0.25) is 0 Å². The highest BCUT2D eigenvalue weighted by atomic mass is 32.2. The Kier molecular flexibility index (Phi) is 5.88. The van der Waals surface area contributed by atoms with E-state index in [-0.39, 0.29) is 10.8 Å². The molecule has 2 aromatic rings. The zero-order chi connectivity index (χ0) is 22.3. The Morgan fingerprint density at radius 2 is 1.57 bits per heavy atom. The molecule has 0 N–H and O–H groups in total. The maximum absolute atomic E-state index is 13.3. The summed E-state index contributed by atoms with van der Waals surface area (Å²) in [4.78, 5) is 10.7. The predicted molar refractivity (Wildman–Crippen MR) is 109 cm³/mol. The van der Waals surface area contributed by atoms with E-state index in [1.807, 2.05) is 24.8 Å². The Morgan fingerprint density at radius 1 is 1.00 bits per heavy atom. The highest BCUT2D eigenvalue weighted by Gasteiger charge is 2.44. The van der Waals surface area contributed by atoms with Gasteiger partial charge in [-0.3, -0.25) is 0 Å². The molecule has 164 valence electrons. The fourth-order valence-electron chi connectivity index (χ4n) is 3.99. The number of rotatable bonds is 4. The molecule has 1 aromatic carbocycles. The molecule has 0 spiro atoms. The minimum absolute atomic E-state index is 0.195. The Morgan fingerprint density at radius 3 is 2.10 bits per heavy atom. The van der Waals surface area contributed by atoms with Gasteiger partial charge in [-0.2, -0.15) is 13.2 Å². The first-order valence-corrected chi connectivity index (χ1v) is 11.3. The van der Waals surface area contributed by atoms with Crippen LogP contribution in [0.1, 0.15) is 43.6 Å². The number of halogens is 3. The molecule has 5 nitrogen and oxygen atoms in total. The molecule has 0 amide bonds. The van der Waals surface area contributed by atoms with Crippen molar-refractivity contribution in [3.8, 4) is 0 Å². The minimum atomic E-state index is -4.59. The summed E-state index contributed by atoms with van der Waals surface area (Å²) in [7, 11) is -3.97. The van der Waals surface area contributed by atoms with Crippen LogP contribution in [-0.4, -0.2) is 36.2 Å². The van der Waals surface area contributed by atoms with Crippen molar-refractivity contribution in [1.29, 1.82) is 0 Å². The van der Waals surface area contributed by atoms with E-state index in [0.717, 1.165) is 29.6 Å². The van der Waals surface area contributed by atoms with E-state index in [9.17, 15) is 21.6 Å². The maximum Gasteiger partial charge on any atom is 0.416 e. The number of sulfone groups is 1. The second-order valence-corrected chi connectivity index (χ2v) is 10.9. The lowest BCUT2D eigenvalue weighted by molar-refractivity contribution is -0.137. The molecule has 1 saturated heterocycles. The number of hydrogen-bond donors (Lipinski definition) is 0. The molecule has 1 aliphatic rings. The van der Waals surface area contributed by atoms with Crippen LogP contribution >= 0.6 is 0 Å². The van der Waals surface area contributed by atoms with Crippen molar-refractivity contribution < 1.29 is 21.6 Å². The number of piperidine rings is 1. The predicted octanol–water partition coefficient (Wildman–Crippen LogP) is 4.58. The Labute approximate surface area is 175 Å². The van der Waals surface area contributed by atoms with Crippen molar-refractivity contribution in [2.75, 3.05) is 18.0 Å². The second-order valence-electron chi connectivity index (χ2n) is 8.34. The number of aryl methyl sites for hydroxylation is 2. The molecule has 0 radical (unpaired) electrons. The second kappa shape index (κ2) is 7.83. The van der Waals surface area contributed by atoms with Gasteiger partial charge in [0.05, 0.1) is 15.2 Å². The molecule has 0 saturated carbocycles. The largest absolute Gasteiger partial charge is 0.416 e. The molecule has 1 fully saturated rings.